The molecule has 1 aromatic heterocycles. The van der Waals surface area contributed by atoms with E-state index in [1.807, 2.05) is 31.3 Å². The van der Waals surface area contributed by atoms with Gasteiger partial charge in [-0.3, -0.25) is 0 Å². The second-order valence-corrected chi connectivity index (χ2v) is 6.40. The van der Waals surface area contributed by atoms with E-state index in [1.54, 1.807) is 11.3 Å². The number of nitrogens with one attached hydrogen (secondary N) is 1. The van der Waals surface area contributed by atoms with Crippen LogP contribution < -0.4 is 5.32 Å². The Balaban J connectivity index is 2.04. The Bertz CT molecular complexity index is 510. The molecule has 1 heterocycles. The first-order chi connectivity index (χ1) is 8.69. The van der Waals surface area contributed by atoms with Gasteiger partial charge in [-0.05, 0) is 43.7 Å². The van der Waals surface area contributed by atoms with Crippen LogP contribution in [0.2, 0.25) is 9.36 Å². The molecule has 1 aromatic carbocycles. The van der Waals surface area contributed by atoms with Gasteiger partial charge < -0.3 is 5.32 Å². The molecular weight excluding hydrogens is 285 g/mol. The molecule has 0 fully saturated rings. The molecule has 2 aromatic rings. The Labute approximate surface area is 122 Å². The summed E-state index contributed by atoms with van der Waals surface area (Å²) in [5.41, 5.74) is 1.18. The Morgan fingerprint density at radius 3 is 2.50 bits per heavy atom. The first kappa shape index (κ1) is 13.9. The van der Waals surface area contributed by atoms with E-state index < -0.39 is 0 Å². The van der Waals surface area contributed by atoms with Gasteiger partial charge in [0.15, 0.2) is 0 Å². The fourth-order valence-corrected chi connectivity index (χ4v) is 3.29. The van der Waals surface area contributed by atoms with Crippen molar-refractivity contribution in [2.75, 3.05) is 7.05 Å². The van der Waals surface area contributed by atoms with Crippen molar-refractivity contribution in [3.8, 4) is 0 Å². The van der Waals surface area contributed by atoms with Crippen LogP contribution in [-0.4, -0.2) is 13.1 Å². The van der Waals surface area contributed by atoms with Gasteiger partial charge in [-0.25, -0.2) is 0 Å². The minimum atomic E-state index is 0.375. The van der Waals surface area contributed by atoms with Crippen LogP contribution in [0.1, 0.15) is 10.4 Å². The molecule has 96 valence electrons. The first-order valence-electron chi connectivity index (χ1n) is 5.84. The van der Waals surface area contributed by atoms with Gasteiger partial charge in [0.05, 0.1) is 4.34 Å². The molecule has 2 rings (SSSR count). The van der Waals surface area contributed by atoms with E-state index in [2.05, 4.69) is 17.4 Å². The van der Waals surface area contributed by atoms with Crippen LogP contribution in [0.25, 0.3) is 0 Å². The average molecular weight is 300 g/mol. The molecular formula is C14H15Cl2NS. The van der Waals surface area contributed by atoms with E-state index in [1.165, 1.54) is 10.4 Å². The molecule has 1 N–H and O–H groups in total. The van der Waals surface area contributed by atoms with Gasteiger partial charge >= 0.3 is 0 Å². The van der Waals surface area contributed by atoms with E-state index in [-0.39, 0.29) is 0 Å². The van der Waals surface area contributed by atoms with Crippen molar-refractivity contribution in [3.63, 3.8) is 0 Å². The molecule has 0 bridgehead atoms. The maximum absolute atomic E-state index is 6.19. The molecule has 0 spiro atoms. The van der Waals surface area contributed by atoms with Crippen LogP contribution >= 0.6 is 34.5 Å². The summed E-state index contributed by atoms with van der Waals surface area (Å²) in [5, 5.41) is 4.18. The van der Waals surface area contributed by atoms with E-state index >= 15 is 0 Å². The quantitative estimate of drug-likeness (QED) is 0.861. The molecule has 0 amide bonds. The van der Waals surface area contributed by atoms with Gasteiger partial charge in [0.1, 0.15) is 0 Å². The van der Waals surface area contributed by atoms with Crippen LogP contribution in [0.5, 0.6) is 0 Å². The van der Waals surface area contributed by atoms with Crippen LogP contribution in [0.4, 0.5) is 0 Å². The number of thiophene rings is 1. The van der Waals surface area contributed by atoms with Gasteiger partial charge in [-0.2, -0.15) is 0 Å². The van der Waals surface area contributed by atoms with Crippen molar-refractivity contribution in [2.24, 2.45) is 0 Å². The Morgan fingerprint density at radius 2 is 1.89 bits per heavy atom. The highest BCUT2D eigenvalue weighted by Gasteiger charge is 2.11. The monoisotopic (exact) mass is 299 g/mol. The highest BCUT2D eigenvalue weighted by molar-refractivity contribution is 7.16. The summed E-state index contributed by atoms with van der Waals surface area (Å²) in [6.07, 6.45) is 1.89. The van der Waals surface area contributed by atoms with Crippen LogP contribution in [0, 0.1) is 0 Å². The zero-order valence-electron chi connectivity index (χ0n) is 10.1. The lowest BCUT2D eigenvalue weighted by atomic mass is 10.0. The molecule has 1 atom stereocenters. The van der Waals surface area contributed by atoms with Gasteiger partial charge in [0, 0.05) is 15.9 Å². The van der Waals surface area contributed by atoms with Crippen molar-refractivity contribution >= 4 is 34.5 Å². The molecule has 4 heteroatoms. The van der Waals surface area contributed by atoms with Crippen molar-refractivity contribution < 1.29 is 0 Å². The summed E-state index contributed by atoms with van der Waals surface area (Å²) in [4.78, 5) is 1.30. The predicted octanol–water partition coefficient (Wildman–Crippen LogP) is 4.43. The summed E-state index contributed by atoms with van der Waals surface area (Å²) in [7, 11) is 1.98. The Kier molecular flexibility index (Phi) is 5.07. The van der Waals surface area contributed by atoms with Crippen LogP contribution in [-0.2, 0) is 12.8 Å². The minimum Gasteiger partial charge on any atom is -0.316 e. The summed E-state index contributed by atoms with van der Waals surface area (Å²) in [5.74, 6) is 0. The minimum absolute atomic E-state index is 0.375. The van der Waals surface area contributed by atoms with Crippen LogP contribution in [0.3, 0.4) is 0 Å². The number of rotatable bonds is 5. The first-order valence-corrected chi connectivity index (χ1v) is 7.41. The summed E-state index contributed by atoms with van der Waals surface area (Å²) in [6.45, 7) is 0. The third-order valence-electron chi connectivity index (χ3n) is 2.91. The third kappa shape index (κ3) is 3.72. The van der Waals surface area contributed by atoms with E-state index in [0.717, 1.165) is 22.2 Å². The molecule has 0 aliphatic heterocycles. The molecule has 0 aliphatic carbocycles. The van der Waals surface area contributed by atoms with Crippen molar-refractivity contribution in [3.05, 3.63) is 56.2 Å². The molecule has 18 heavy (non-hydrogen) atoms. The van der Waals surface area contributed by atoms with Crippen molar-refractivity contribution in [1.82, 2.24) is 5.32 Å². The highest BCUT2D eigenvalue weighted by atomic mass is 35.5. The SMILES string of the molecule is CNC(Cc1ccc(Cl)s1)Cc1ccccc1Cl. The third-order valence-corrected chi connectivity index (χ3v) is 4.53. The normalized spacial score (nSPS) is 12.6. The van der Waals surface area contributed by atoms with Crippen molar-refractivity contribution in [2.45, 2.75) is 18.9 Å². The predicted molar refractivity (Wildman–Crippen MR) is 81.0 cm³/mol. The highest BCUT2D eigenvalue weighted by Crippen LogP contribution is 2.24. The number of hydrogen-bond acceptors (Lipinski definition) is 2. The second-order valence-electron chi connectivity index (χ2n) is 4.19. The molecule has 0 aliphatic rings. The van der Waals surface area contributed by atoms with Gasteiger partial charge in [0.2, 0.25) is 0 Å². The smallest absolute Gasteiger partial charge is 0.0931 e. The fourth-order valence-electron chi connectivity index (χ4n) is 1.91. The van der Waals surface area contributed by atoms with Crippen molar-refractivity contribution in [1.29, 1.82) is 0 Å². The van der Waals surface area contributed by atoms with Gasteiger partial charge in [-0.1, -0.05) is 41.4 Å². The second kappa shape index (κ2) is 6.58. The number of benzene rings is 1. The lowest BCUT2D eigenvalue weighted by Gasteiger charge is -2.16. The summed E-state index contributed by atoms with van der Waals surface area (Å²) in [6, 6.07) is 12.4. The summed E-state index contributed by atoms with van der Waals surface area (Å²) >= 11 is 13.8. The van der Waals surface area contributed by atoms with Crippen LogP contribution in [0.15, 0.2) is 36.4 Å². The summed E-state index contributed by atoms with van der Waals surface area (Å²) < 4.78 is 0.845. The van der Waals surface area contributed by atoms with Gasteiger partial charge in [-0.15, -0.1) is 11.3 Å². The number of likely N-dealkylation sites (N-methyl/N-ethyl adjacent to an activating group) is 1. The van der Waals surface area contributed by atoms with E-state index in [0.29, 0.717) is 6.04 Å². The topological polar surface area (TPSA) is 12.0 Å². The Morgan fingerprint density at radius 1 is 1.11 bits per heavy atom. The number of halogens is 2. The lowest BCUT2D eigenvalue weighted by molar-refractivity contribution is 0.560. The molecule has 0 radical (unpaired) electrons. The molecule has 0 saturated carbocycles. The van der Waals surface area contributed by atoms with E-state index in [9.17, 15) is 0 Å². The fraction of sp³-hybridized carbons (Fsp3) is 0.286. The number of hydrogen-bond donors (Lipinski definition) is 1. The maximum Gasteiger partial charge on any atom is 0.0931 e. The zero-order valence-corrected chi connectivity index (χ0v) is 12.4. The standard InChI is InChI=1S/C14H15Cl2NS/c1-17-11(9-12-6-7-14(16)18-12)8-10-4-2-3-5-13(10)15/h2-7,11,17H,8-9H2,1H3. The Hall–Kier alpha value is -0.540. The zero-order chi connectivity index (χ0) is 13.0. The largest absolute Gasteiger partial charge is 0.316 e. The average Bonchev–Trinajstić information content (AvgIpc) is 2.76. The lowest BCUT2D eigenvalue weighted by Crippen LogP contribution is -2.29. The maximum atomic E-state index is 6.19. The molecule has 1 nitrogen and oxygen atoms in total. The van der Waals surface area contributed by atoms with E-state index in [4.69, 9.17) is 23.2 Å². The molecule has 0 saturated heterocycles. The van der Waals surface area contributed by atoms with Gasteiger partial charge in [0.25, 0.3) is 0 Å². The molecule has 1 unspecified atom stereocenters.